The number of carbonyl (C=O) groups excluding carboxylic acids is 2. The normalized spacial score (nSPS) is 14.8. The fraction of sp³-hybridized carbons (Fsp3) is 0.444. The fourth-order valence-corrected chi connectivity index (χ4v) is 4.34. The van der Waals surface area contributed by atoms with Crippen LogP contribution >= 0.6 is 11.3 Å². The SMILES string of the molecule is COCc1c(C(=O)N2CCN(C(=O)N(C)C)CC2)sc2cccc(F)c12. The summed E-state index contributed by atoms with van der Waals surface area (Å²) in [5.41, 5.74) is 0.599. The third-order valence-electron chi connectivity index (χ3n) is 4.47. The number of thiophene rings is 1. The summed E-state index contributed by atoms with van der Waals surface area (Å²) < 4.78 is 20.2. The van der Waals surface area contributed by atoms with Gasteiger partial charge in [-0.1, -0.05) is 6.07 Å². The second kappa shape index (κ2) is 7.59. The maximum absolute atomic E-state index is 14.3. The zero-order valence-electron chi connectivity index (χ0n) is 15.1. The molecule has 26 heavy (non-hydrogen) atoms. The molecule has 6 nitrogen and oxygen atoms in total. The standard InChI is InChI=1S/C18H22FN3O3S/c1-20(2)18(24)22-9-7-21(8-10-22)17(23)16-12(11-25-3)15-13(19)5-4-6-14(15)26-16/h4-6H,7-11H2,1-3H3. The number of hydrogen-bond donors (Lipinski definition) is 0. The van der Waals surface area contributed by atoms with Crippen molar-refractivity contribution in [3.05, 3.63) is 34.5 Å². The molecule has 3 amide bonds. The van der Waals surface area contributed by atoms with Gasteiger partial charge in [0.05, 0.1) is 11.5 Å². The van der Waals surface area contributed by atoms with E-state index in [1.165, 1.54) is 29.4 Å². The second-order valence-corrected chi connectivity index (χ2v) is 7.46. The molecule has 1 aliphatic heterocycles. The van der Waals surface area contributed by atoms with Crippen molar-refractivity contribution in [2.24, 2.45) is 0 Å². The van der Waals surface area contributed by atoms with Crippen molar-refractivity contribution >= 4 is 33.4 Å². The van der Waals surface area contributed by atoms with E-state index < -0.39 is 0 Å². The Hall–Kier alpha value is -2.19. The van der Waals surface area contributed by atoms with E-state index in [2.05, 4.69) is 0 Å². The van der Waals surface area contributed by atoms with Crippen LogP contribution in [-0.4, -0.2) is 74.0 Å². The van der Waals surface area contributed by atoms with Crippen LogP contribution in [-0.2, 0) is 11.3 Å². The first-order valence-electron chi connectivity index (χ1n) is 8.38. The molecular weight excluding hydrogens is 357 g/mol. The summed E-state index contributed by atoms with van der Waals surface area (Å²) in [5.74, 6) is -0.471. The van der Waals surface area contributed by atoms with Crippen LogP contribution in [0.1, 0.15) is 15.2 Å². The van der Waals surface area contributed by atoms with Gasteiger partial charge in [-0.15, -0.1) is 11.3 Å². The van der Waals surface area contributed by atoms with Gasteiger partial charge < -0.3 is 19.4 Å². The van der Waals surface area contributed by atoms with Gasteiger partial charge in [0.15, 0.2) is 0 Å². The number of benzene rings is 1. The van der Waals surface area contributed by atoms with E-state index in [9.17, 15) is 14.0 Å². The quantitative estimate of drug-likeness (QED) is 0.824. The Balaban J connectivity index is 1.84. The van der Waals surface area contributed by atoms with Gasteiger partial charge in [0, 0.05) is 63.0 Å². The van der Waals surface area contributed by atoms with E-state index in [4.69, 9.17) is 4.74 Å². The maximum atomic E-state index is 14.3. The molecule has 1 aliphatic rings. The molecule has 0 spiro atoms. The molecule has 2 heterocycles. The molecule has 3 rings (SSSR count). The molecule has 1 aromatic heterocycles. The molecule has 1 fully saturated rings. The minimum atomic E-state index is -0.341. The van der Waals surface area contributed by atoms with Crippen molar-refractivity contribution in [3.8, 4) is 0 Å². The summed E-state index contributed by atoms with van der Waals surface area (Å²) in [4.78, 5) is 30.6. The number of carbonyl (C=O) groups is 2. The first kappa shape index (κ1) is 18.6. The average Bonchev–Trinajstić information content (AvgIpc) is 3.01. The zero-order chi connectivity index (χ0) is 18.8. The molecule has 0 N–H and O–H groups in total. The molecule has 8 heteroatoms. The third-order valence-corrected chi connectivity index (χ3v) is 5.65. The number of ether oxygens (including phenoxy) is 1. The minimum absolute atomic E-state index is 0.0545. The van der Waals surface area contributed by atoms with E-state index in [1.54, 1.807) is 30.0 Å². The molecule has 0 bridgehead atoms. The summed E-state index contributed by atoms with van der Waals surface area (Å²) in [6.45, 7) is 2.08. The van der Waals surface area contributed by atoms with Crippen molar-refractivity contribution in [3.63, 3.8) is 0 Å². The van der Waals surface area contributed by atoms with E-state index in [1.807, 2.05) is 6.07 Å². The predicted octanol–water partition coefficient (Wildman–Crippen LogP) is 2.63. The molecule has 140 valence electrons. The molecule has 1 aromatic carbocycles. The van der Waals surface area contributed by atoms with Gasteiger partial charge in [0.25, 0.3) is 5.91 Å². The van der Waals surface area contributed by atoms with E-state index in [-0.39, 0.29) is 24.4 Å². The highest BCUT2D eigenvalue weighted by Gasteiger charge is 2.29. The third kappa shape index (κ3) is 3.39. The number of nitrogens with zero attached hydrogens (tertiary/aromatic N) is 3. The van der Waals surface area contributed by atoms with Crippen molar-refractivity contribution in [1.82, 2.24) is 14.7 Å². The number of rotatable bonds is 3. The number of amides is 3. The van der Waals surface area contributed by atoms with Gasteiger partial charge in [0.1, 0.15) is 5.82 Å². The maximum Gasteiger partial charge on any atom is 0.319 e. The van der Waals surface area contributed by atoms with E-state index in [0.29, 0.717) is 42.0 Å². The molecule has 0 radical (unpaired) electrons. The predicted molar refractivity (Wildman–Crippen MR) is 99.1 cm³/mol. The summed E-state index contributed by atoms with van der Waals surface area (Å²) in [6.07, 6.45) is 0. The topological polar surface area (TPSA) is 53.1 Å². The van der Waals surface area contributed by atoms with Crippen LogP contribution in [0.15, 0.2) is 18.2 Å². The fourth-order valence-electron chi connectivity index (χ4n) is 3.15. The number of hydrogen-bond acceptors (Lipinski definition) is 4. The highest BCUT2D eigenvalue weighted by Crippen LogP contribution is 2.34. The van der Waals surface area contributed by atoms with E-state index in [0.717, 1.165) is 4.70 Å². The Morgan fingerprint density at radius 2 is 1.85 bits per heavy atom. The van der Waals surface area contributed by atoms with Crippen LogP contribution in [0.2, 0.25) is 0 Å². The lowest BCUT2D eigenvalue weighted by Crippen LogP contribution is -2.52. The molecule has 2 aromatic rings. The average molecular weight is 379 g/mol. The zero-order valence-corrected chi connectivity index (χ0v) is 15.9. The summed E-state index contributed by atoms with van der Waals surface area (Å²) >= 11 is 1.29. The smallest absolute Gasteiger partial charge is 0.319 e. The number of piperazine rings is 1. The van der Waals surface area contributed by atoms with Crippen molar-refractivity contribution in [2.45, 2.75) is 6.61 Å². The van der Waals surface area contributed by atoms with Crippen LogP contribution in [0.25, 0.3) is 10.1 Å². The first-order valence-corrected chi connectivity index (χ1v) is 9.20. The van der Waals surface area contributed by atoms with Crippen LogP contribution in [0.4, 0.5) is 9.18 Å². The summed E-state index contributed by atoms with van der Waals surface area (Å²) in [5, 5.41) is 0.462. The molecular formula is C18H22FN3O3S. The van der Waals surface area contributed by atoms with Gasteiger partial charge in [-0.05, 0) is 12.1 Å². The monoisotopic (exact) mass is 379 g/mol. The first-order chi connectivity index (χ1) is 12.4. The molecule has 0 atom stereocenters. The van der Waals surface area contributed by atoms with Crippen molar-refractivity contribution in [2.75, 3.05) is 47.4 Å². The minimum Gasteiger partial charge on any atom is -0.380 e. The van der Waals surface area contributed by atoms with Gasteiger partial charge in [0.2, 0.25) is 0 Å². The van der Waals surface area contributed by atoms with Crippen molar-refractivity contribution in [1.29, 1.82) is 0 Å². The Labute approximate surface area is 155 Å². The second-order valence-electron chi connectivity index (χ2n) is 6.41. The largest absolute Gasteiger partial charge is 0.380 e. The lowest BCUT2D eigenvalue weighted by molar-refractivity contribution is 0.0651. The van der Waals surface area contributed by atoms with Gasteiger partial charge in [-0.25, -0.2) is 9.18 Å². The molecule has 0 aliphatic carbocycles. The summed E-state index contributed by atoms with van der Waals surface area (Å²) in [6, 6.07) is 4.80. The van der Waals surface area contributed by atoms with Crippen LogP contribution < -0.4 is 0 Å². The Kier molecular flexibility index (Phi) is 5.43. The van der Waals surface area contributed by atoms with Crippen LogP contribution in [0, 0.1) is 5.82 Å². The van der Waals surface area contributed by atoms with Crippen LogP contribution in [0.3, 0.4) is 0 Å². The molecule has 0 saturated carbocycles. The van der Waals surface area contributed by atoms with Crippen molar-refractivity contribution < 1.29 is 18.7 Å². The number of urea groups is 1. The highest BCUT2D eigenvalue weighted by atomic mass is 32.1. The Morgan fingerprint density at radius 1 is 1.19 bits per heavy atom. The Bertz CT molecular complexity index is 828. The number of methoxy groups -OCH3 is 1. The van der Waals surface area contributed by atoms with E-state index >= 15 is 0 Å². The van der Waals surface area contributed by atoms with Crippen LogP contribution in [0.5, 0.6) is 0 Å². The lowest BCUT2D eigenvalue weighted by atomic mass is 10.1. The molecule has 0 unspecified atom stereocenters. The lowest BCUT2D eigenvalue weighted by Gasteiger charge is -2.35. The molecule has 1 saturated heterocycles. The van der Waals surface area contributed by atoms with Gasteiger partial charge in [-0.2, -0.15) is 0 Å². The Morgan fingerprint density at radius 3 is 2.46 bits per heavy atom. The number of halogens is 1. The number of fused-ring (bicyclic) bond motifs is 1. The van der Waals surface area contributed by atoms with Gasteiger partial charge in [-0.3, -0.25) is 4.79 Å². The van der Waals surface area contributed by atoms with Gasteiger partial charge >= 0.3 is 6.03 Å². The summed E-state index contributed by atoms with van der Waals surface area (Å²) in [7, 11) is 4.95. The highest BCUT2D eigenvalue weighted by molar-refractivity contribution is 7.21.